The molecule has 7 heteroatoms. The van der Waals surface area contributed by atoms with Crippen LogP contribution in [0.25, 0.3) is 0 Å². The van der Waals surface area contributed by atoms with Crippen molar-refractivity contribution in [2.45, 2.75) is 12.5 Å². The van der Waals surface area contributed by atoms with Crippen LogP contribution in [0.3, 0.4) is 0 Å². The summed E-state index contributed by atoms with van der Waals surface area (Å²) in [6.07, 6.45) is 1.12. The third-order valence-corrected chi connectivity index (χ3v) is 2.86. The summed E-state index contributed by atoms with van der Waals surface area (Å²) in [5, 5.41) is 10.2. The molecule has 2 aliphatic rings. The molecule has 96 valence electrons. The summed E-state index contributed by atoms with van der Waals surface area (Å²) in [6, 6.07) is 6.43. The Morgan fingerprint density at radius 2 is 2.21 bits per heavy atom. The minimum Gasteiger partial charge on any atom is -0.481 e. The first-order chi connectivity index (χ1) is 9.15. The van der Waals surface area contributed by atoms with Crippen LogP contribution in [0.4, 0.5) is 5.69 Å². The fourth-order valence-electron chi connectivity index (χ4n) is 2.00. The molecule has 7 nitrogen and oxygen atoms in total. The van der Waals surface area contributed by atoms with Crippen LogP contribution in [0, 0.1) is 0 Å². The lowest BCUT2D eigenvalue weighted by atomic mass is 10.1. The van der Waals surface area contributed by atoms with E-state index in [-0.39, 0.29) is 6.42 Å². The number of hydrazine groups is 1. The topological polar surface area (TPSA) is 94.4 Å². The number of aliphatic carboxylic acids is 1. The van der Waals surface area contributed by atoms with Crippen LogP contribution in [0.2, 0.25) is 0 Å². The zero-order valence-corrected chi connectivity index (χ0v) is 9.78. The number of fused-ring (bicyclic) bond motifs is 3. The van der Waals surface area contributed by atoms with Crippen LogP contribution >= 0.6 is 0 Å². The number of hydrogen-bond donors (Lipinski definition) is 2. The smallest absolute Gasteiger partial charge is 0.306 e. The minimum atomic E-state index is -1.06. The van der Waals surface area contributed by atoms with E-state index in [0.29, 0.717) is 5.84 Å². The molecule has 2 heterocycles. The summed E-state index contributed by atoms with van der Waals surface area (Å²) < 4.78 is 0. The van der Waals surface area contributed by atoms with E-state index in [1.54, 1.807) is 0 Å². The Labute approximate surface area is 108 Å². The van der Waals surface area contributed by atoms with E-state index in [1.165, 1.54) is 11.3 Å². The predicted molar refractivity (Wildman–Crippen MR) is 67.2 cm³/mol. The molecule has 0 spiro atoms. The van der Waals surface area contributed by atoms with Gasteiger partial charge in [-0.25, -0.2) is 10.0 Å². The maximum Gasteiger partial charge on any atom is 0.306 e. The van der Waals surface area contributed by atoms with Crippen molar-refractivity contribution in [3.63, 3.8) is 0 Å². The number of carboxylic acid groups (broad SMARTS) is 1. The highest BCUT2D eigenvalue weighted by Crippen LogP contribution is 2.25. The Bertz CT molecular complexity index is 623. The van der Waals surface area contributed by atoms with Gasteiger partial charge in [0, 0.05) is 5.56 Å². The molecule has 2 N–H and O–H groups in total. The summed E-state index contributed by atoms with van der Waals surface area (Å²) in [4.78, 5) is 30.9. The first-order valence-corrected chi connectivity index (χ1v) is 5.68. The van der Waals surface area contributed by atoms with E-state index in [0.717, 1.165) is 11.3 Å². The van der Waals surface area contributed by atoms with Gasteiger partial charge in [0.05, 0.1) is 12.1 Å². The number of carbonyl (C=O) groups excluding carboxylic acids is 1. The number of nitrogens with zero attached hydrogens (tertiary/aromatic N) is 3. The molecule has 1 unspecified atom stereocenters. The van der Waals surface area contributed by atoms with Crippen molar-refractivity contribution < 1.29 is 14.7 Å². The van der Waals surface area contributed by atoms with Crippen LogP contribution in [0.15, 0.2) is 34.3 Å². The standard InChI is InChI=1S/C12H10N4O3/c17-10(18)5-9-12(19)15-16-6-13-8-4-2-1-3-7(8)11(16)14-9/h1-4,6,9H,5H2,(H,15,19)(H,17,18). The van der Waals surface area contributed by atoms with Gasteiger partial charge in [0.1, 0.15) is 12.4 Å². The van der Waals surface area contributed by atoms with Crippen molar-refractivity contribution in [1.29, 1.82) is 0 Å². The molecule has 1 aromatic rings. The Balaban J connectivity index is 2.04. The van der Waals surface area contributed by atoms with Crippen molar-refractivity contribution in [3.05, 3.63) is 29.8 Å². The van der Waals surface area contributed by atoms with E-state index in [1.807, 2.05) is 24.3 Å². The monoisotopic (exact) mass is 258 g/mol. The molecule has 0 aliphatic carbocycles. The van der Waals surface area contributed by atoms with Gasteiger partial charge in [-0.3, -0.25) is 20.0 Å². The molecule has 0 fully saturated rings. The van der Waals surface area contributed by atoms with Gasteiger partial charge in [-0.05, 0) is 12.1 Å². The molecule has 0 bridgehead atoms. The third-order valence-electron chi connectivity index (χ3n) is 2.86. The van der Waals surface area contributed by atoms with Crippen molar-refractivity contribution in [2.75, 3.05) is 0 Å². The predicted octanol–water partition coefficient (Wildman–Crippen LogP) is 0.297. The minimum absolute atomic E-state index is 0.331. The van der Waals surface area contributed by atoms with Gasteiger partial charge in [-0.1, -0.05) is 12.1 Å². The van der Waals surface area contributed by atoms with Crippen LogP contribution in [0.5, 0.6) is 0 Å². The second-order valence-electron chi connectivity index (χ2n) is 4.17. The van der Waals surface area contributed by atoms with Gasteiger partial charge >= 0.3 is 5.97 Å². The largest absolute Gasteiger partial charge is 0.481 e. The first kappa shape index (κ1) is 11.4. The number of rotatable bonds is 2. The van der Waals surface area contributed by atoms with Crippen molar-refractivity contribution in [1.82, 2.24) is 10.4 Å². The van der Waals surface area contributed by atoms with E-state index in [9.17, 15) is 9.59 Å². The lowest BCUT2D eigenvalue weighted by molar-refractivity contribution is -0.140. The number of aliphatic imine (C=N–C) groups is 2. The highest BCUT2D eigenvalue weighted by atomic mass is 16.4. The van der Waals surface area contributed by atoms with Gasteiger partial charge < -0.3 is 5.11 Å². The quantitative estimate of drug-likeness (QED) is 0.797. The zero-order chi connectivity index (χ0) is 13.4. The molecule has 19 heavy (non-hydrogen) atoms. The van der Waals surface area contributed by atoms with Crippen LogP contribution in [-0.4, -0.2) is 40.2 Å². The molecule has 3 rings (SSSR count). The molecule has 0 radical (unpaired) electrons. The van der Waals surface area contributed by atoms with E-state index in [2.05, 4.69) is 15.4 Å². The van der Waals surface area contributed by atoms with Crippen molar-refractivity contribution in [2.24, 2.45) is 9.98 Å². The normalized spacial score (nSPS) is 20.2. The van der Waals surface area contributed by atoms with Gasteiger partial charge in [0.2, 0.25) is 0 Å². The maximum absolute atomic E-state index is 11.7. The highest BCUT2D eigenvalue weighted by molar-refractivity contribution is 6.13. The lowest BCUT2D eigenvalue weighted by Gasteiger charge is -2.31. The highest BCUT2D eigenvalue weighted by Gasteiger charge is 2.32. The number of carbonyl (C=O) groups is 2. The second kappa shape index (κ2) is 4.20. The van der Waals surface area contributed by atoms with Gasteiger partial charge in [-0.2, -0.15) is 0 Å². The lowest BCUT2D eigenvalue weighted by Crippen LogP contribution is -2.54. The summed E-state index contributed by atoms with van der Waals surface area (Å²) in [6.45, 7) is 0. The number of nitrogens with one attached hydrogen (secondary N) is 1. The zero-order valence-electron chi connectivity index (χ0n) is 9.78. The Hall–Kier alpha value is -2.70. The Morgan fingerprint density at radius 1 is 1.42 bits per heavy atom. The summed E-state index contributed by atoms with van der Waals surface area (Å²) in [5.41, 5.74) is 4.07. The van der Waals surface area contributed by atoms with Gasteiger partial charge in [-0.15, -0.1) is 0 Å². The first-order valence-electron chi connectivity index (χ1n) is 5.68. The molecule has 2 aliphatic heterocycles. The van der Waals surface area contributed by atoms with Crippen molar-refractivity contribution in [3.8, 4) is 0 Å². The molecular weight excluding hydrogens is 248 g/mol. The van der Waals surface area contributed by atoms with Gasteiger partial charge in [0.25, 0.3) is 5.91 Å². The average Bonchev–Trinajstić information content (AvgIpc) is 2.39. The third kappa shape index (κ3) is 1.95. The van der Waals surface area contributed by atoms with Crippen LogP contribution < -0.4 is 5.43 Å². The number of amides is 1. The second-order valence-corrected chi connectivity index (χ2v) is 4.17. The van der Waals surface area contributed by atoms with E-state index < -0.39 is 17.9 Å². The summed E-state index contributed by atoms with van der Waals surface area (Å²) >= 11 is 0. The molecule has 0 aromatic heterocycles. The Kier molecular flexibility index (Phi) is 2.52. The van der Waals surface area contributed by atoms with E-state index >= 15 is 0 Å². The fourth-order valence-corrected chi connectivity index (χ4v) is 2.00. The molecule has 1 amide bonds. The molecular formula is C12H10N4O3. The average molecular weight is 258 g/mol. The van der Waals surface area contributed by atoms with Crippen molar-refractivity contribution >= 4 is 29.7 Å². The summed E-state index contributed by atoms with van der Waals surface area (Å²) in [5.74, 6) is -0.996. The number of benzene rings is 1. The number of amidine groups is 1. The number of hydrogen-bond acceptors (Lipinski definition) is 5. The number of para-hydroxylation sites is 1. The summed E-state index contributed by atoms with van der Waals surface area (Å²) in [7, 11) is 0. The molecule has 0 saturated carbocycles. The number of carboxylic acids is 1. The van der Waals surface area contributed by atoms with Gasteiger partial charge in [0.15, 0.2) is 5.84 Å². The molecule has 1 atom stereocenters. The van der Waals surface area contributed by atoms with Crippen LogP contribution in [-0.2, 0) is 9.59 Å². The molecule has 1 aromatic carbocycles. The molecule has 0 saturated heterocycles. The van der Waals surface area contributed by atoms with E-state index in [4.69, 9.17) is 5.11 Å². The van der Waals surface area contributed by atoms with Crippen LogP contribution in [0.1, 0.15) is 12.0 Å². The maximum atomic E-state index is 11.7. The Morgan fingerprint density at radius 3 is 3.00 bits per heavy atom. The SMILES string of the molecule is O=C(O)CC1N=C2c3ccccc3N=CN2NC1=O. The fraction of sp³-hybridized carbons (Fsp3) is 0.167.